The summed E-state index contributed by atoms with van der Waals surface area (Å²) in [6, 6.07) is 7.81. The molecule has 1 N–H and O–H groups in total. The predicted octanol–water partition coefficient (Wildman–Crippen LogP) is 3.24. The van der Waals surface area contributed by atoms with Crippen LogP contribution in [-0.2, 0) is 10.2 Å². The molecular weight excluding hydrogens is 286 g/mol. The molecule has 0 saturated carbocycles. The molecule has 1 atom stereocenters. The predicted molar refractivity (Wildman–Crippen MR) is 83.8 cm³/mol. The van der Waals surface area contributed by atoms with Gasteiger partial charge in [0.25, 0.3) is 5.91 Å². The third-order valence-electron chi connectivity index (χ3n) is 2.97. The van der Waals surface area contributed by atoms with Crippen molar-refractivity contribution < 1.29 is 9.53 Å². The number of rotatable bonds is 4. The Labute approximate surface area is 128 Å². The lowest BCUT2D eigenvalue weighted by atomic mass is 9.87. The number of nitrogens with zero attached hydrogens (tertiary/aromatic N) is 2. The van der Waals surface area contributed by atoms with Gasteiger partial charge in [0.15, 0.2) is 6.10 Å². The number of carbonyl (C=O) groups excluding carboxylic acids is 1. The molecule has 1 aromatic heterocycles. The number of hydrogen-bond acceptors (Lipinski definition) is 5. The van der Waals surface area contributed by atoms with Crippen molar-refractivity contribution in [1.29, 1.82) is 0 Å². The van der Waals surface area contributed by atoms with Crippen molar-refractivity contribution in [3.05, 3.63) is 35.3 Å². The zero-order valence-electron chi connectivity index (χ0n) is 12.6. The summed E-state index contributed by atoms with van der Waals surface area (Å²) < 4.78 is 5.71. The summed E-state index contributed by atoms with van der Waals surface area (Å²) in [5.74, 6) is 0.440. The van der Waals surface area contributed by atoms with Crippen LogP contribution < -0.4 is 10.1 Å². The van der Waals surface area contributed by atoms with E-state index in [0.717, 1.165) is 5.56 Å². The summed E-state index contributed by atoms with van der Waals surface area (Å²) in [5, 5.41) is 10.6. The van der Waals surface area contributed by atoms with E-state index in [-0.39, 0.29) is 11.3 Å². The molecule has 0 radical (unpaired) electrons. The van der Waals surface area contributed by atoms with E-state index in [2.05, 4.69) is 42.4 Å². The van der Waals surface area contributed by atoms with Crippen LogP contribution in [0, 0.1) is 0 Å². The Morgan fingerprint density at radius 1 is 1.38 bits per heavy atom. The van der Waals surface area contributed by atoms with Gasteiger partial charge in [0.05, 0.1) is 0 Å². The first-order valence-corrected chi connectivity index (χ1v) is 7.58. The van der Waals surface area contributed by atoms with E-state index >= 15 is 0 Å². The number of aromatic nitrogens is 2. The fraction of sp³-hybridized carbons (Fsp3) is 0.400. The van der Waals surface area contributed by atoms with Gasteiger partial charge < -0.3 is 4.74 Å². The first kappa shape index (κ1) is 15.4. The van der Waals surface area contributed by atoms with E-state index in [0.29, 0.717) is 10.9 Å². The Bertz CT molecular complexity index is 606. The summed E-state index contributed by atoms with van der Waals surface area (Å²) >= 11 is 1.27. The van der Waals surface area contributed by atoms with Gasteiger partial charge in [-0.25, -0.2) is 0 Å². The van der Waals surface area contributed by atoms with Crippen LogP contribution in [0.1, 0.15) is 33.3 Å². The molecule has 2 aromatic rings. The number of ether oxygens (including phenoxy) is 1. The third-order valence-corrected chi connectivity index (χ3v) is 3.58. The molecule has 1 unspecified atom stereocenters. The summed E-state index contributed by atoms with van der Waals surface area (Å²) in [7, 11) is 0. The van der Waals surface area contributed by atoms with E-state index in [4.69, 9.17) is 4.74 Å². The SMILES string of the molecule is CC(Oc1cccc(C(C)(C)C)c1)C(=O)Nc1nncs1. The molecule has 5 nitrogen and oxygen atoms in total. The number of nitrogens with one attached hydrogen (secondary N) is 1. The van der Waals surface area contributed by atoms with Crippen LogP contribution in [0.4, 0.5) is 5.13 Å². The summed E-state index contributed by atoms with van der Waals surface area (Å²) in [4.78, 5) is 12.0. The zero-order valence-corrected chi connectivity index (χ0v) is 13.4. The van der Waals surface area contributed by atoms with Crippen molar-refractivity contribution >= 4 is 22.4 Å². The average Bonchev–Trinajstić information content (AvgIpc) is 2.91. The molecule has 1 aromatic carbocycles. The number of amides is 1. The molecule has 6 heteroatoms. The van der Waals surface area contributed by atoms with Crippen LogP contribution in [0.3, 0.4) is 0 Å². The second-order valence-corrected chi connectivity index (χ2v) is 6.60. The maximum atomic E-state index is 12.0. The van der Waals surface area contributed by atoms with Crippen molar-refractivity contribution in [3.8, 4) is 5.75 Å². The van der Waals surface area contributed by atoms with Gasteiger partial charge in [0.2, 0.25) is 5.13 Å². The highest BCUT2D eigenvalue weighted by Gasteiger charge is 2.18. The Kier molecular flexibility index (Phi) is 4.57. The third kappa shape index (κ3) is 4.26. The normalized spacial score (nSPS) is 12.8. The Morgan fingerprint density at radius 3 is 2.76 bits per heavy atom. The van der Waals surface area contributed by atoms with E-state index in [9.17, 15) is 4.79 Å². The van der Waals surface area contributed by atoms with Crippen LogP contribution in [-0.4, -0.2) is 22.2 Å². The second kappa shape index (κ2) is 6.22. The first-order valence-electron chi connectivity index (χ1n) is 6.70. The minimum absolute atomic E-state index is 0.0391. The van der Waals surface area contributed by atoms with Gasteiger partial charge in [0, 0.05) is 0 Å². The lowest BCUT2D eigenvalue weighted by molar-refractivity contribution is -0.122. The smallest absolute Gasteiger partial charge is 0.266 e. The topological polar surface area (TPSA) is 64.1 Å². The van der Waals surface area contributed by atoms with E-state index in [1.807, 2.05) is 18.2 Å². The molecule has 0 bridgehead atoms. The number of carbonyl (C=O) groups is 1. The fourth-order valence-electron chi connectivity index (χ4n) is 1.73. The maximum Gasteiger partial charge on any atom is 0.266 e. The van der Waals surface area contributed by atoms with Gasteiger partial charge in [-0.1, -0.05) is 44.2 Å². The van der Waals surface area contributed by atoms with Crippen LogP contribution in [0.25, 0.3) is 0 Å². The molecule has 2 rings (SSSR count). The molecule has 1 amide bonds. The van der Waals surface area contributed by atoms with Crippen molar-refractivity contribution in [2.24, 2.45) is 0 Å². The quantitative estimate of drug-likeness (QED) is 0.942. The molecule has 0 aliphatic rings. The summed E-state index contributed by atoms with van der Waals surface area (Å²) in [6.45, 7) is 8.12. The highest BCUT2D eigenvalue weighted by atomic mass is 32.1. The van der Waals surface area contributed by atoms with E-state index < -0.39 is 6.10 Å². The van der Waals surface area contributed by atoms with Gasteiger partial charge in [-0.2, -0.15) is 0 Å². The molecule has 1 heterocycles. The van der Waals surface area contributed by atoms with Crippen molar-refractivity contribution in [2.45, 2.75) is 39.2 Å². The van der Waals surface area contributed by atoms with Crippen LogP contribution >= 0.6 is 11.3 Å². The molecule has 0 aliphatic carbocycles. The van der Waals surface area contributed by atoms with Gasteiger partial charge in [-0.05, 0) is 30.0 Å². The Morgan fingerprint density at radius 2 is 2.14 bits per heavy atom. The van der Waals surface area contributed by atoms with Crippen molar-refractivity contribution in [3.63, 3.8) is 0 Å². The Balaban J connectivity index is 2.02. The zero-order chi connectivity index (χ0) is 15.5. The molecular formula is C15H19N3O2S. The summed E-state index contributed by atoms with van der Waals surface area (Å²) in [5.41, 5.74) is 2.77. The molecule has 112 valence electrons. The van der Waals surface area contributed by atoms with Crippen LogP contribution in [0.5, 0.6) is 5.75 Å². The Hall–Kier alpha value is -1.95. The van der Waals surface area contributed by atoms with Crippen LogP contribution in [0.15, 0.2) is 29.8 Å². The van der Waals surface area contributed by atoms with Crippen LogP contribution in [0.2, 0.25) is 0 Å². The summed E-state index contributed by atoms with van der Waals surface area (Å²) in [6.07, 6.45) is -0.607. The minimum atomic E-state index is -0.607. The highest BCUT2D eigenvalue weighted by Crippen LogP contribution is 2.26. The van der Waals surface area contributed by atoms with Crippen molar-refractivity contribution in [2.75, 3.05) is 5.32 Å². The number of benzene rings is 1. The molecule has 21 heavy (non-hydrogen) atoms. The average molecular weight is 305 g/mol. The van der Waals surface area contributed by atoms with E-state index in [1.54, 1.807) is 12.4 Å². The lowest BCUT2D eigenvalue weighted by Gasteiger charge is -2.20. The monoisotopic (exact) mass is 305 g/mol. The number of hydrogen-bond donors (Lipinski definition) is 1. The molecule has 0 spiro atoms. The number of anilines is 1. The van der Waals surface area contributed by atoms with Gasteiger partial charge in [0.1, 0.15) is 11.3 Å². The maximum absolute atomic E-state index is 12.0. The van der Waals surface area contributed by atoms with Crippen molar-refractivity contribution in [1.82, 2.24) is 10.2 Å². The fourth-order valence-corrected chi connectivity index (χ4v) is 2.18. The highest BCUT2D eigenvalue weighted by molar-refractivity contribution is 7.13. The molecule has 0 fully saturated rings. The lowest BCUT2D eigenvalue weighted by Crippen LogP contribution is -2.30. The standard InChI is InChI=1S/C15H19N3O2S/c1-10(13(19)17-14-18-16-9-21-14)20-12-7-5-6-11(8-12)15(2,3)4/h5-10H,1-4H3,(H,17,18,19). The van der Waals surface area contributed by atoms with Gasteiger partial charge >= 0.3 is 0 Å². The molecule has 0 aliphatic heterocycles. The van der Waals surface area contributed by atoms with Gasteiger partial charge in [-0.3, -0.25) is 10.1 Å². The van der Waals surface area contributed by atoms with E-state index in [1.165, 1.54) is 11.3 Å². The first-order chi connectivity index (χ1) is 9.86. The second-order valence-electron chi connectivity index (χ2n) is 5.77. The largest absolute Gasteiger partial charge is 0.481 e. The van der Waals surface area contributed by atoms with Gasteiger partial charge in [-0.15, -0.1) is 10.2 Å². The molecule has 0 saturated heterocycles. The minimum Gasteiger partial charge on any atom is -0.481 e.